The molecule has 0 radical (unpaired) electrons. The smallest absolute Gasteiger partial charge is 0.217 e. The summed E-state index contributed by atoms with van der Waals surface area (Å²) < 4.78 is 16.9. The van der Waals surface area contributed by atoms with Gasteiger partial charge in [-0.2, -0.15) is 0 Å². The van der Waals surface area contributed by atoms with Crippen molar-refractivity contribution in [3.05, 3.63) is 45.6 Å². The van der Waals surface area contributed by atoms with Gasteiger partial charge < -0.3 is 19.5 Å². The first-order chi connectivity index (χ1) is 14.4. The minimum atomic E-state index is -0.286. The number of rotatable bonds is 6. The van der Waals surface area contributed by atoms with Crippen LogP contribution in [0.3, 0.4) is 0 Å². The molecule has 0 aliphatic heterocycles. The second-order valence-electron chi connectivity index (χ2n) is 6.98. The predicted molar refractivity (Wildman–Crippen MR) is 119 cm³/mol. The number of ether oxygens (including phenoxy) is 3. The van der Waals surface area contributed by atoms with Gasteiger partial charge in [0, 0.05) is 12.5 Å². The molecule has 2 aromatic rings. The Morgan fingerprint density at radius 3 is 2.47 bits per heavy atom. The quantitative estimate of drug-likeness (QED) is 0.701. The Morgan fingerprint density at radius 2 is 1.87 bits per heavy atom. The Bertz CT molecular complexity index is 1020. The van der Waals surface area contributed by atoms with E-state index in [1.54, 1.807) is 27.4 Å². The fraction of sp³-hybridized carbons (Fsp3) is 0.391. The minimum Gasteiger partial charge on any atom is -0.493 e. The molecule has 0 saturated heterocycles. The van der Waals surface area contributed by atoms with Crippen LogP contribution in [-0.2, 0) is 11.2 Å². The number of carbonyl (C=O) groups is 1. The highest BCUT2D eigenvalue weighted by Crippen LogP contribution is 2.50. The van der Waals surface area contributed by atoms with E-state index in [-0.39, 0.29) is 17.4 Å². The summed E-state index contributed by atoms with van der Waals surface area (Å²) in [6.45, 7) is 3.50. The van der Waals surface area contributed by atoms with Crippen LogP contribution in [-0.4, -0.2) is 33.0 Å². The monoisotopic (exact) mass is 429 g/mol. The lowest BCUT2D eigenvalue weighted by atomic mass is 9.95. The molecule has 1 N–H and O–H groups in total. The molecule has 0 bridgehead atoms. The molecule has 0 spiro atoms. The van der Waals surface area contributed by atoms with Crippen molar-refractivity contribution < 1.29 is 19.0 Å². The van der Waals surface area contributed by atoms with E-state index in [9.17, 15) is 9.59 Å². The van der Waals surface area contributed by atoms with Crippen LogP contribution in [0.2, 0.25) is 0 Å². The minimum absolute atomic E-state index is 0.0543. The molecule has 1 aliphatic carbocycles. The highest BCUT2D eigenvalue weighted by atomic mass is 32.2. The molecular formula is C23H27NO5S. The number of methoxy groups -OCH3 is 3. The van der Waals surface area contributed by atoms with Gasteiger partial charge in [0.2, 0.25) is 11.7 Å². The zero-order valence-corrected chi connectivity index (χ0v) is 18.8. The highest BCUT2D eigenvalue weighted by Gasteiger charge is 2.29. The molecular weight excluding hydrogens is 402 g/mol. The molecule has 160 valence electrons. The number of amides is 1. The standard InChI is InChI=1S/C23H27NO5S/c1-6-30-20-10-8-15-16(12-18(20)26)17(24-13(2)25)9-7-14-11-19(27-3)22(28-4)23(29-5)21(14)15/h8,10-12,17H,6-7,9H2,1-5H3,(H,24,25)/t17-/m0/s1. The van der Waals surface area contributed by atoms with Crippen LogP contribution < -0.4 is 25.0 Å². The van der Waals surface area contributed by atoms with Crippen molar-refractivity contribution >= 4 is 17.7 Å². The van der Waals surface area contributed by atoms with E-state index in [1.165, 1.54) is 18.7 Å². The Morgan fingerprint density at radius 1 is 1.13 bits per heavy atom. The summed E-state index contributed by atoms with van der Waals surface area (Å²) in [6, 6.07) is 7.11. The van der Waals surface area contributed by atoms with Gasteiger partial charge in [-0.1, -0.05) is 13.0 Å². The zero-order valence-electron chi connectivity index (χ0n) is 18.0. The van der Waals surface area contributed by atoms with E-state index in [4.69, 9.17) is 14.2 Å². The molecule has 6 nitrogen and oxygen atoms in total. The van der Waals surface area contributed by atoms with E-state index in [0.29, 0.717) is 35.0 Å². The molecule has 1 aliphatic rings. The number of hydrogen-bond acceptors (Lipinski definition) is 6. The lowest BCUT2D eigenvalue weighted by Crippen LogP contribution is -2.26. The largest absolute Gasteiger partial charge is 0.493 e. The summed E-state index contributed by atoms with van der Waals surface area (Å²) >= 11 is 1.50. The van der Waals surface area contributed by atoms with Crippen LogP contribution in [0.15, 0.2) is 34.0 Å². The van der Waals surface area contributed by atoms with Crippen molar-refractivity contribution in [1.82, 2.24) is 5.32 Å². The normalized spacial score (nSPS) is 14.8. The first-order valence-corrected chi connectivity index (χ1v) is 10.8. The van der Waals surface area contributed by atoms with Crippen molar-refractivity contribution in [3.63, 3.8) is 0 Å². The molecule has 2 aromatic carbocycles. The number of hydrogen-bond donors (Lipinski definition) is 1. The third kappa shape index (κ3) is 4.12. The number of benzene rings is 1. The lowest BCUT2D eigenvalue weighted by Gasteiger charge is -2.19. The predicted octanol–water partition coefficient (Wildman–Crippen LogP) is 3.98. The van der Waals surface area contributed by atoms with Crippen molar-refractivity contribution in [1.29, 1.82) is 0 Å². The number of nitrogens with one attached hydrogen (secondary N) is 1. The number of aryl methyl sites for hydroxylation is 1. The summed E-state index contributed by atoms with van der Waals surface area (Å²) in [5, 5.41) is 3.01. The Labute approximate surface area is 180 Å². The van der Waals surface area contributed by atoms with Gasteiger partial charge in [-0.05, 0) is 53.5 Å². The first-order valence-electron chi connectivity index (χ1n) is 9.85. The average molecular weight is 430 g/mol. The third-order valence-electron chi connectivity index (χ3n) is 5.18. The SMILES string of the molecule is CCSc1ccc2c(cc1=O)[C@@H](NC(C)=O)CCc1cc(OC)c(OC)c(OC)c1-2. The van der Waals surface area contributed by atoms with Gasteiger partial charge in [0.15, 0.2) is 16.9 Å². The number of thioether (sulfide) groups is 1. The summed E-state index contributed by atoms with van der Waals surface area (Å²) in [6.07, 6.45) is 1.33. The van der Waals surface area contributed by atoms with Gasteiger partial charge in [-0.3, -0.25) is 9.59 Å². The lowest BCUT2D eigenvalue weighted by molar-refractivity contribution is -0.119. The molecule has 0 aromatic heterocycles. The zero-order chi connectivity index (χ0) is 21.8. The topological polar surface area (TPSA) is 73.9 Å². The van der Waals surface area contributed by atoms with Gasteiger partial charge in [0.25, 0.3) is 0 Å². The van der Waals surface area contributed by atoms with Crippen molar-refractivity contribution in [3.8, 4) is 28.4 Å². The van der Waals surface area contributed by atoms with Gasteiger partial charge in [0.1, 0.15) is 0 Å². The molecule has 0 fully saturated rings. The van der Waals surface area contributed by atoms with Crippen LogP contribution in [0.5, 0.6) is 17.2 Å². The van der Waals surface area contributed by atoms with Gasteiger partial charge >= 0.3 is 0 Å². The molecule has 0 saturated carbocycles. The van der Waals surface area contributed by atoms with Crippen LogP contribution in [0.25, 0.3) is 11.1 Å². The molecule has 0 heterocycles. The molecule has 1 amide bonds. The van der Waals surface area contributed by atoms with E-state index in [0.717, 1.165) is 28.0 Å². The fourth-order valence-electron chi connectivity index (χ4n) is 3.97. The Kier molecular flexibility index (Phi) is 6.92. The molecule has 30 heavy (non-hydrogen) atoms. The van der Waals surface area contributed by atoms with Crippen LogP contribution in [0.1, 0.15) is 37.4 Å². The Hall–Kier alpha value is -2.67. The van der Waals surface area contributed by atoms with E-state index < -0.39 is 0 Å². The van der Waals surface area contributed by atoms with Crippen LogP contribution >= 0.6 is 11.8 Å². The van der Waals surface area contributed by atoms with E-state index in [1.807, 2.05) is 25.1 Å². The van der Waals surface area contributed by atoms with E-state index >= 15 is 0 Å². The van der Waals surface area contributed by atoms with Crippen LogP contribution in [0.4, 0.5) is 0 Å². The first kappa shape index (κ1) is 22.0. The molecule has 1 atom stereocenters. The Balaban J connectivity index is 2.39. The second-order valence-corrected chi connectivity index (χ2v) is 8.29. The molecule has 7 heteroatoms. The third-order valence-corrected chi connectivity index (χ3v) is 6.11. The van der Waals surface area contributed by atoms with Gasteiger partial charge in [-0.15, -0.1) is 11.8 Å². The molecule has 3 rings (SSSR count). The van der Waals surface area contributed by atoms with Crippen molar-refractivity contribution in [2.45, 2.75) is 37.6 Å². The van der Waals surface area contributed by atoms with Gasteiger partial charge in [-0.25, -0.2) is 0 Å². The highest BCUT2D eigenvalue weighted by molar-refractivity contribution is 7.99. The van der Waals surface area contributed by atoms with E-state index in [2.05, 4.69) is 5.32 Å². The maximum Gasteiger partial charge on any atom is 0.217 e. The van der Waals surface area contributed by atoms with Crippen molar-refractivity contribution in [2.75, 3.05) is 27.1 Å². The summed E-state index contributed by atoms with van der Waals surface area (Å²) in [4.78, 5) is 25.5. The summed E-state index contributed by atoms with van der Waals surface area (Å²) in [7, 11) is 4.75. The maximum absolute atomic E-state index is 12.9. The summed E-state index contributed by atoms with van der Waals surface area (Å²) in [5.74, 6) is 2.30. The maximum atomic E-state index is 12.9. The summed E-state index contributed by atoms with van der Waals surface area (Å²) in [5.41, 5.74) is 3.45. The molecule has 0 unspecified atom stereocenters. The van der Waals surface area contributed by atoms with Gasteiger partial charge in [0.05, 0.1) is 32.3 Å². The van der Waals surface area contributed by atoms with Crippen LogP contribution in [0, 0.1) is 0 Å². The van der Waals surface area contributed by atoms with Crippen molar-refractivity contribution in [2.24, 2.45) is 0 Å². The fourth-order valence-corrected chi connectivity index (χ4v) is 4.64. The average Bonchev–Trinajstić information content (AvgIpc) is 2.96. The number of fused-ring (bicyclic) bond motifs is 3. The number of carbonyl (C=O) groups excluding carboxylic acids is 1. The second kappa shape index (κ2) is 9.43.